The molecule has 0 radical (unpaired) electrons. The number of anilines is 1. The van der Waals surface area contributed by atoms with Crippen LogP contribution in [0, 0.1) is 0 Å². The van der Waals surface area contributed by atoms with Crippen LogP contribution in [-0.2, 0) is 16.6 Å². The van der Waals surface area contributed by atoms with Gasteiger partial charge in [-0.05, 0) is 35.9 Å². The minimum Gasteiger partial charge on any atom is -0.348 e. The maximum atomic E-state index is 12.2. The van der Waals surface area contributed by atoms with Crippen LogP contribution in [0.2, 0.25) is 15.1 Å². The summed E-state index contributed by atoms with van der Waals surface area (Å²) in [4.78, 5) is 12.2. The summed E-state index contributed by atoms with van der Waals surface area (Å²) in [7, 11) is -3.42. The molecule has 2 aromatic carbocycles. The molecule has 2 N–H and O–H groups in total. The van der Waals surface area contributed by atoms with E-state index in [9.17, 15) is 13.2 Å². The Morgan fingerprint density at radius 3 is 2.33 bits per heavy atom. The van der Waals surface area contributed by atoms with Crippen molar-refractivity contribution in [1.82, 2.24) is 5.32 Å². The molecule has 0 unspecified atom stereocenters. The van der Waals surface area contributed by atoms with Crippen molar-refractivity contribution in [3.63, 3.8) is 0 Å². The molecular weight excluding hydrogens is 395 g/mol. The van der Waals surface area contributed by atoms with E-state index in [1.165, 1.54) is 18.2 Å². The zero-order chi connectivity index (χ0) is 17.9. The molecule has 0 fully saturated rings. The number of hydrogen-bond donors (Lipinski definition) is 2. The van der Waals surface area contributed by atoms with Crippen molar-refractivity contribution in [3.8, 4) is 0 Å². The minimum atomic E-state index is -3.42. The molecule has 0 saturated heterocycles. The number of carbonyl (C=O) groups excluding carboxylic acids is 1. The number of sulfonamides is 1. The number of halogens is 3. The Balaban J connectivity index is 2.09. The third-order valence-corrected chi connectivity index (χ3v) is 4.48. The van der Waals surface area contributed by atoms with E-state index in [1.807, 2.05) is 0 Å². The fraction of sp³-hybridized carbons (Fsp3) is 0.133. The maximum absolute atomic E-state index is 12.2. The molecule has 128 valence electrons. The summed E-state index contributed by atoms with van der Waals surface area (Å²) >= 11 is 17.9. The Kier molecular flexibility index (Phi) is 5.98. The SMILES string of the molecule is CS(=O)(=O)Nc1ccc(C(=O)NCc2ccc(Cl)cc2Cl)c(Cl)c1. The summed E-state index contributed by atoms with van der Waals surface area (Å²) in [5.74, 6) is -0.406. The summed E-state index contributed by atoms with van der Waals surface area (Å²) < 4.78 is 24.7. The molecule has 0 heterocycles. The monoisotopic (exact) mass is 406 g/mol. The van der Waals surface area contributed by atoms with Gasteiger partial charge in [0.25, 0.3) is 5.91 Å². The summed E-state index contributed by atoms with van der Waals surface area (Å²) in [5, 5.41) is 3.78. The van der Waals surface area contributed by atoms with Crippen LogP contribution in [0.3, 0.4) is 0 Å². The van der Waals surface area contributed by atoms with Crippen LogP contribution in [0.1, 0.15) is 15.9 Å². The van der Waals surface area contributed by atoms with Gasteiger partial charge in [0.2, 0.25) is 10.0 Å². The Bertz CT molecular complexity index is 886. The summed E-state index contributed by atoms with van der Waals surface area (Å²) in [6.07, 6.45) is 1.03. The lowest BCUT2D eigenvalue weighted by Gasteiger charge is -2.10. The molecule has 9 heteroatoms. The van der Waals surface area contributed by atoms with Gasteiger partial charge >= 0.3 is 0 Å². The van der Waals surface area contributed by atoms with E-state index in [2.05, 4.69) is 10.0 Å². The summed E-state index contributed by atoms with van der Waals surface area (Å²) in [6.45, 7) is 0.203. The van der Waals surface area contributed by atoms with Crippen LogP contribution < -0.4 is 10.0 Å². The van der Waals surface area contributed by atoms with Gasteiger partial charge in [0.05, 0.1) is 16.8 Å². The highest BCUT2D eigenvalue weighted by atomic mass is 35.5. The molecule has 2 aromatic rings. The Hall–Kier alpha value is -1.47. The van der Waals surface area contributed by atoms with E-state index >= 15 is 0 Å². The maximum Gasteiger partial charge on any atom is 0.253 e. The van der Waals surface area contributed by atoms with Crippen molar-refractivity contribution in [1.29, 1.82) is 0 Å². The van der Waals surface area contributed by atoms with E-state index in [0.717, 1.165) is 6.26 Å². The first-order valence-corrected chi connectivity index (χ1v) is 9.68. The van der Waals surface area contributed by atoms with Crippen LogP contribution in [0.25, 0.3) is 0 Å². The van der Waals surface area contributed by atoms with Gasteiger partial charge in [0.1, 0.15) is 0 Å². The largest absolute Gasteiger partial charge is 0.348 e. The fourth-order valence-electron chi connectivity index (χ4n) is 1.91. The average molecular weight is 408 g/mol. The minimum absolute atomic E-state index is 0.128. The molecular formula is C15H13Cl3N2O3S. The molecule has 1 amide bonds. The quantitative estimate of drug-likeness (QED) is 0.788. The van der Waals surface area contributed by atoms with E-state index in [-0.39, 0.29) is 22.8 Å². The zero-order valence-electron chi connectivity index (χ0n) is 12.4. The Labute approximate surface area is 155 Å². The van der Waals surface area contributed by atoms with Gasteiger partial charge in [-0.3, -0.25) is 9.52 Å². The second-order valence-corrected chi connectivity index (χ2v) is 7.99. The van der Waals surface area contributed by atoms with Gasteiger partial charge in [-0.2, -0.15) is 0 Å². The van der Waals surface area contributed by atoms with Crippen molar-refractivity contribution < 1.29 is 13.2 Å². The molecule has 0 atom stereocenters. The Morgan fingerprint density at radius 1 is 1.04 bits per heavy atom. The molecule has 0 aliphatic rings. The first-order chi connectivity index (χ1) is 11.2. The van der Waals surface area contributed by atoms with Gasteiger partial charge in [-0.15, -0.1) is 0 Å². The van der Waals surface area contributed by atoms with Crippen molar-refractivity contribution in [3.05, 3.63) is 62.6 Å². The predicted octanol–water partition coefficient (Wildman–Crippen LogP) is 3.95. The highest BCUT2D eigenvalue weighted by Gasteiger charge is 2.13. The van der Waals surface area contributed by atoms with E-state index < -0.39 is 15.9 Å². The molecule has 0 bridgehead atoms. The third-order valence-electron chi connectivity index (χ3n) is 2.97. The van der Waals surface area contributed by atoms with Crippen molar-refractivity contribution in [2.75, 3.05) is 11.0 Å². The number of carbonyl (C=O) groups is 1. The van der Waals surface area contributed by atoms with Crippen LogP contribution in [-0.4, -0.2) is 20.6 Å². The van der Waals surface area contributed by atoms with E-state index in [0.29, 0.717) is 15.6 Å². The second kappa shape index (κ2) is 7.61. The fourth-order valence-corrected chi connectivity index (χ4v) is 3.21. The van der Waals surface area contributed by atoms with Gasteiger partial charge in [0, 0.05) is 22.3 Å². The van der Waals surface area contributed by atoms with E-state index in [1.54, 1.807) is 18.2 Å². The van der Waals surface area contributed by atoms with E-state index in [4.69, 9.17) is 34.8 Å². The lowest BCUT2D eigenvalue weighted by molar-refractivity contribution is 0.0951. The highest BCUT2D eigenvalue weighted by molar-refractivity contribution is 7.92. The lowest BCUT2D eigenvalue weighted by atomic mass is 10.1. The van der Waals surface area contributed by atoms with Gasteiger partial charge in [-0.1, -0.05) is 40.9 Å². The molecule has 0 aliphatic heterocycles. The zero-order valence-corrected chi connectivity index (χ0v) is 15.5. The van der Waals surface area contributed by atoms with Gasteiger partial charge < -0.3 is 5.32 Å². The summed E-state index contributed by atoms with van der Waals surface area (Å²) in [5.41, 5.74) is 1.21. The highest BCUT2D eigenvalue weighted by Crippen LogP contribution is 2.23. The number of rotatable bonds is 5. The number of hydrogen-bond acceptors (Lipinski definition) is 3. The molecule has 0 aliphatic carbocycles. The van der Waals surface area contributed by atoms with Crippen LogP contribution in [0.4, 0.5) is 5.69 Å². The number of amides is 1. The molecule has 5 nitrogen and oxygen atoms in total. The van der Waals surface area contributed by atoms with Crippen molar-refractivity contribution in [2.24, 2.45) is 0 Å². The molecule has 2 rings (SSSR count). The predicted molar refractivity (Wildman–Crippen MR) is 97.6 cm³/mol. The topological polar surface area (TPSA) is 75.3 Å². The first-order valence-electron chi connectivity index (χ1n) is 6.65. The molecule has 0 aromatic heterocycles. The van der Waals surface area contributed by atoms with Crippen molar-refractivity contribution in [2.45, 2.75) is 6.54 Å². The number of nitrogens with one attached hydrogen (secondary N) is 2. The number of benzene rings is 2. The van der Waals surface area contributed by atoms with Crippen LogP contribution >= 0.6 is 34.8 Å². The van der Waals surface area contributed by atoms with Crippen molar-refractivity contribution >= 4 is 56.4 Å². The molecule has 0 spiro atoms. The summed E-state index contributed by atoms with van der Waals surface area (Å²) in [6, 6.07) is 9.24. The second-order valence-electron chi connectivity index (χ2n) is 4.99. The molecule has 24 heavy (non-hydrogen) atoms. The molecule has 0 saturated carbocycles. The van der Waals surface area contributed by atoms with Gasteiger partial charge in [-0.25, -0.2) is 8.42 Å². The Morgan fingerprint density at radius 2 is 1.75 bits per heavy atom. The smallest absolute Gasteiger partial charge is 0.253 e. The standard InChI is InChI=1S/C15H13Cl3N2O3S/c1-24(22,23)20-11-4-5-12(14(18)7-11)15(21)19-8-9-2-3-10(16)6-13(9)17/h2-7,20H,8H2,1H3,(H,19,21). The lowest BCUT2D eigenvalue weighted by Crippen LogP contribution is -2.23. The normalized spacial score (nSPS) is 11.2. The average Bonchev–Trinajstić information content (AvgIpc) is 2.44. The van der Waals surface area contributed by atoms with Crippen LogP contribution in [0.5, 0.6) is 0 Å². The van der Waals surface area contributed by atoms with Crippen LogP contribution in [0.15, 0.2) is 36.4 Å². The van der Waals surface area contributed by atoms with Gasteiger partial charge in [0.15, 0.2) is 0 Å². The third kappa shape index (κ3) is 5.27. The first kappa shape index (κ1) is 18.9.